The van der Waals surface area contributed by atoms with Gasteiger partial charge in [0.2, 0.25) is 5.91 Å². The molecule has 0 bridgehead atoms. The van der Waals surface area contributed by atoms with Crippen LogP contribution in [0.5, 0.6) is 17.2 Å². The van der Waals surface area contributed by atoms with Crippen molar-refractivity contribution in [3.05, 3.63) is 52.5 Å². The quantitative estimate of drug-likeness (QED) is 0.586. The Balaban J connectivity index is 1.96. The van der Waals surface area contributed by atoms with Gasteiger partial charge in [-0.25, -0.2) is 0 Å². The van der Waals surface area contributed by atoms with Crippen molar-refractivity contribution in [1.82, 2.24) is 10.9 Å². The molecule has 0 aromatic heterocycles. The Labute approximate surface area is 181 Å². The summed E-state index contributed by atoms with van der Waals surface area (Å²) >= 11 is 6.28. The highest BCUT2D eigenvalue weighted by Crippen LogP contribution is 2.36. The van der Waals surface area contributed by atoms with Crippen molar-refractivity contribution in [2.45, 2.75) is 26.7 Å². The number of rotatable bonds is 9. The molecule has 0 atom stereocenters. The number of carbonyl (C=O) groups is 2. The van der Waals surface area contributed by atoms with Crippen LogP contribution in [-0.4, -0.2) is 32.6 Å². The largest absolute Gasteiger partial charge is 0.497 e. The van der Waals surface area contributed by atoms with Gasteiger partial charge in [0, 0.05) is 5.56 Å². The van der Waals surface area contributed by atoms with Crippen molar-refractivity contribution >= 4 is 23.4 Å². The zero-order chi connectivity index (χ0) is 22.1. The van der Waals surface area contributed by atoms with E-state index in [9.17, 15) is 9.59 Å². The van der Waals surface area contributed by atoms with Crippen LogP contribution in [0, 0.1) is 5.92 Å². The third-order valence-electron chi connectivity index (χ3n) is 4.27. The molecule has 0 saturated heterocycles. The zero-order valence-electron chi connectivity index (χ0n) is 17.6. The molecule has 0 fully saturated rings. The Morgan fingerprint density at radius 2 is 1.73 bits per heavy atom. The second-order valence-corrected chi connectivity index (χ2v) is 7.45. The fourth-order valence-corrected chi connectivity index (χ4v) is 2.82. The van der Waals surface area contributed by atoms with Crippen LogP contribution in [0.15, 0.2) is 36.4 Å². The molecule has 0 radical (unpaired) electrons. The standard InChI is InChI=1S/C22H27ClN2O5/c1-14(2)9-10-30-21-18(23)12-16(13-19(21)29-4)22(27)25-24-20(26)11-15-5-7-17(28-3)8-6-15/h5-8,12-14H,9-11H2,1-4H3,(H,24,26)(H,25,27). The van der Waals surface area contributed by atoms with Gasteiger partial charge in [-0.05, 0) is 42.2 Å². The lowest BCUT2D eigenvalue weighted by molar-refractivity contribution is -0.121. The van der Waals surface area contributed by atoms with Crippen LogP contribution < -0.4 is 25.1 Å². The van der Waals surface area contributed by atoms with Gasteiger partial charge in [-0.2, -0.15) is 0 Å². The van der Waals surface area contributed by atoms with E-state index in [0.29, 0.717) is 29.8 Å². The van der Waals surface area contributed by atoms with Gasteiger partial charge in [-0.3, -0.25) is 20.4 Å². The van der Waals surface area contributed by atoms with Gasteiger partial charge in [-0.1, -0.05) is 37.6 Å². The smallest absolute Gasteiger partial charge is 0.269 e. The van der Waals surface area contributed by atoms with E-state index in [-0.39, 0.29) is 22.9 Å². The van der Waals surface area contributed by atoms with Crippen LogP contribution in [0.25, 0.3) is 0 Å². The SMILES string of the molecule is COc1ccc(CC(=O)NNC(=O)c2cc(Cl)c(OCCC(C)C)c(OC)c2)cc1. The summed E-state index contributed by atoms with van der Waals surface area (Å²) in [5, 5.41) is 0.257. The molecule has 0 heterocycles. The van der Waals surface area contributed by atoms with E-state index in [4.69, 9.17) is 25.8 Å². The van der Waals surface area contributed by atoms with Gasteiger partial charge in [0.25, 0.3) is 5.91 Å². The number of carbonyl (C=O) groups excluding carboxylic acids is 2. The van der Waals surface area contributed by atoms with Crippen molar-refractivity contribution in [3.8, 4) is 17.2 Å². The van der Waals surface area contributed by atoms with Crippen LogP contribution in [0.3, 0.4) is 0 Å². The van der Waals surface area contributed by atoms with Crippen LogP contribution in [0.2, 0.25) is 5.02 Å². The molecule has 2 amide bonds. The summed E-state index contributed by atoms with van der Waals surface area (Å²) in [6.07, 6.45) is 0.971. The van der Waals surface area contributed by atoms with Crippen molar-refractivity contribution in [2.24, 2.45) is 5.92 Å². The Hall–Kier alpha value is -2.93. The minimum Gasteiger partial charge on any atom is -0.497 e. The summed E-state index contributed by atoms with van der Waals surface area (Å²) < 4.78 is 16.1. The summed E-state index contributed by atoms with van der Waals surface area (Å²) in [6, 6.07) is 10.1. The molecule has 0 aliphatic carbocycles. The third kappa shape index (κ3) is 6.84. The molecule has 0 saturated carbocycles. The van der Waals surface area contributed by atoms with Crippen molar-refractivity contribution in [1.29, 1.82) is 0 Å². The lowest BCUT2D eigenvalue weighted by atomic mass is 10.1. The molecule has 2 aromatic carbocycles. The second kappa shape index (κ2) is 11.3. The summed E-state index contributed by atoms with van der Waals surface area (Å²) in [6.45, 7) is 4.68. The van der Waals surface area contributed by atoms with E-state index < -0.39 is 5.91 Å². The molecule has 0 aliphatic rings. The van der Waals surface area contributed by atoms with Crippen LogP contribution >= 0.6 is 11.6 Å². The number of methoxy groups -OCH3 is 2. The number of amides is 2. The average Bonchev–Trinajstić information content (AvgIpc) is 2.73. The first-order chi connectivity index (χ1) is 14.3. The maximum Gasteiger partial charge on any atom is 0.269 e. The van der Waals surface area contributed by atoms with Gasteiger partial charge in [-0.15, -0.1) is 0 Å². The molecule has 2 aromatic rings. The first-order valence-electron chi connectivity index (χ1n) is 9.56. The summed E-state index contributed by atoms with van der Waals surface area (Å²) in [5.74, 6) is 1.05. The molecule has 162 valence electrons. The highest BCUT2D eigenvalue weighted by atomic mass is 35.5. The first-order valence-corrected chi connectivity index (χ1v) is 9.94. The number of hydrazine groups is 1. The molecule has 2 N–H and O–H groups in total. The highest BCUT2D eigenvalue weighted by molar-refractivity contribution is 6.32. The summed E-state index contributed by atoms with van der Waals surface area (Å²) in [7, 11) is 3.04. The Bertz CT molecular complexity index is 869. The van der Waals surface area contributed by atoms with Crippen LogP contribution in [0.1, 0.15) is 36.2 Å². The molecular formula is C22H27ClN2O5. The Morgan fingerprint density at radius 1 is 1.03 bits per heavy atom. The fourth-order valence-electron chi connectivity index (χ4n) is 2.56. The van der Waals surface area contributed by atoms with E-state index in [1.807, 2.05) is 0 Å². The molecule has 0 aliphatic heterocycles. The number of benzene rings is 2. The average molecular weight is 435 g/mol. The van der Waals surface area contributed by atoms with Crippen molar-refractivity contribution < 1.29 is 23.8 Å². The maximum absolute atomic E-state index is 12.4. The van der Waals surface area contributed by atoms with Gasteiger partial charge >= 0.3 is 0 Å². The number of nitrogens with one attached hydrogen (secondary N) is 2. The molecule has 7 nitrogen and oxygen atoms in total. The lowest BCUT2D eigenvalue weighted by Crippen LogP contribution is -2.42. The minimum atomic E-state index is -0.521. The zero-order valence-corrected chi connectivity index (χ0v) is 18.3. The van der Waals surface area contributed by atoms with Gasteiger partial charge in [0.15, 0.2) is 11.5 Å². The van der Waals surface area contributed by atoms with E-state index in [1.54, 1.807) is 31.4 Å². The van der Waals surface area contributed by atoms with E-state index >= 15 is 0 Å². The number of halogens is 1. The van der Waals surface area contributed by atoms with Gasteiger partial charge in [0.05, 0.1) is 32.3 Å². The topological polar surface area (TPSA) is 85.9 Å². The third-order valence-corrected chi connectivity index (χ3v) is 4.55. The molecule has 0 spiro atoms. The van der Waals surface area contributed by atoms with E-state index in [0.717, 1.165) is 12.0 Å². The van der Waals surface area contributed by atoms with Crippen LogP contribution in [-0.2, 0) is 11.2 Å². The summed E-state index contributed by atoms with van der Waals surface area (Å²) in [5.41, 5.74) is 5.79. The normalized spacial score (nSPS) is 10.5. The molecule has 0 unspecified atom stereocenters. The van der Waals surface area contributed by atoms with Crippen LogP contribution in [0.4, 0.5) is 0 Å². The second-order valence-electron chi connectivity index (χ2n) is 7.05. The number of ether oxygens (including phenoxy) is 3. The highest BCUT2D eigenvalue weighted by Gasteiger charge is 2.17. The van der Waals surface area contributed by atoms with Gasteiger partial charge < -0.3 is 14.2 Å². The van der Waals surface area contributed by atoms with E-state index in [2.05, 4.69) is 24.7 Å². The Kier molecular flexibility index (Phi) is 8.80. The monoisotopic (exact) mass is 434 g/mol. The van der Waals surface area contributed by atoms with Crippen molar-refractivity contribution in [2.75, 3.05) is 20.8 Å². The lowest BCUT2D eigenvalue weighted by Gasteiger charge is -2.15. The summed E-state index contributed by atoms with van der Waals surface area (Å²) in [4.78, 5) is 24.5. The molecular weight excluding hydrogens is 408 g/mol. The number of hydrogen-bond donors (Lipinski definition) is 2. The van der Waals surface area contributed by atoms with Gasteiger partial charge in [0.1, 0.15) is 5.75 Å². The molecule has 2 rings (SSSR count). The fraction of sp³-hybridized carbons (Fsp3) is 0.364. The maximum atomic E-state index is 12.4. The van der Waals surface area contributed by atoms with E-state index in [1.165, 1.54) is 19.2 Å². The Morgan fingerprint density at radius 3 is 2.33 bits per heavy atom. The number of hydrogen-bond acceptors (Lipinski definition) is 5. The predicted octanol–water partition coefficient (Wildman–Crippen LogP) is 3.79. The minimum absolute atomic E-state index is 0.108. The van der Waals surface area contributed by atoms with Crippen molar-refractivity contribution in [3.63, 3.8) is 0 Å². The molecule has 30 heavy (non-hydrogen) atoms. The first kappa shape index (κ1) is 23.3. The molecule has 8 heteroatoms. The predicted molar refractivity (Wildman–Crippen MR) is 115 cm³/mol.